The number of amides is 2. The van der Waals surface area contributed by atoms with Gasteiger partial charge >= 0.3 is 5.69 Å². The predicted octanol–water partition coefficient (Wildman–Crippen LogP) is -0.202. The molecule has 0 unspecified atom stereocenters. The molecule has 0 radical (unpaired) electrons. The zero-order chi connectivity index (χ0) is 21.2. The molecule has 2 heterocycles. The maximum atomic E-state index is 13.0. The molecule has 4 aliphatic rings. The molecule has 30 heavy (non-hydrogen) atoms. The van der Waals surface area contributed by atoms with Crippen molar-refractivity contribution in [1.82, 2.24) is 29.5 Å². The lowest BCUT2D eigenvalue weighted by Gasteiger charge is -2.55. The van der Waals surface area contributed by atoms with Crippen LogP contribution in [0.3, 0.4) is 0 Å². The van der Waals surface area contributed by atoms with Gasteiger partial charge in [0.25, 0.3) is 11.5 Å². The summed E-state index contributed by atoms with van der Waals surface area (Å²) in [5.41, 5.74) is 4.18. The van der Waals surface area contributed by atoms with Crippen molar-refractivity contribution < 1.29 is 9.59 Å². The fourth-order valence-electron chi connectivity index (χ4n) is 6.36. The van der Waals surface area contributed by atoms with E-state index in [9.17, 15) is 19.2 Å². The third-order valence-corrected chi connectivity index (χ3v) is 7.37. The van der Waals surface area contributed by atoms with Crippen LogP contribution in [0, 0.1) is 23.2 Å². The van der Waals surface area contributed by atoms with Crippen molar-refractivity contribution in [1.29, 1.82) is 0 Å². The van der Waals surface area contributed by atoms with E-state index >= 15 is 0 Å². The molecule has 0 aromatic carbocycles. The van der Waals surface area contributed by atoms with E-state index in [2.05, 4.69) is 15.8 Å². The molecule has 2 aromatic heterocycles. The van der Waals surface area contributed by atoms with Crippen molar-refractivity contribution in [3.05, 3.63) is 27.2 Å². The quantitative estimate of drug-likeness (QED) is 0.674. The number of nitrogens with one attached hydrogen (secondary N) is 2. The summed E-state index contributed by atoms with van der Waals surface area (Å²) in [5.74, 6) is 1.36. The average Bonchev–Trinajstić information content (AvgIpc) is 3.11. The highest BCUT2D eigenvalue weighted by molar-refractivity contribution is 5.86. The molecular formula is C20H26N6O4. The number of rotatable bonds is 3. The van der Waals surface area contributed by atoms with E-state index in [1.54, 1.807) is 0 Å². The van der Waals surface area contributed by atoms with E-state index in [0.717, 1.165) is 23.8 Å². The molecule has 6 rings (SSSR count). The first-order valence-corrected chi connectivity index (χ1v) is 10.5. The minimum atomic E-state index is -0.518. The summed E-state index contributed by atoms with van der Waals surface area (Å²) in [6.45, 7) is -0.189. The van der Waals surface area contributed by atoms with Gasteiger partial charge in [-0.1, -0.05) is 0 Å². The lowest BCUT2D eigenvalue weighted by Crippen LogP contribution is -2.57. The summed E-state index contributed by atoms with van der Waals surface area (Å²) >= 11 is 0. The SMILES string of the molecule is Cn1c(=O)c2c(ncn2CC(=O)NNC(=O)C23CC4CC(CC(C4)C2)C3)n(C)c1=O. The van der Waals surface area contributed by atoms with Crippen molar-refractivity contribution >= 4 is 23.0 Å². The highest BCUT2D eigenvalue weighted by Crippen LogP contribution is 2.60. The Labute approximate surface area is 172 Å². The summed E-state index contributed by atoms with van der Waals surface area (Å²) in [6, 6.07) is 0. The second-order valence-electron chi connectivity index (χ2n) is 9.45. The first kappa shape index (κ1) is 19.1. The fourth-order valence-corrected chi connectivity index (χ4v) is 6.36. The number of aromatic nitrogens is 4. The van der Waals surface area contributed by atoms with Crippen LogP contribution in [0.1, 0.15) is 38.5 Å². The Morgan fingerprint density at radius 2 is 1.63 bits per heavy atom. The van der Waals surface area contributed by atoms with Crippen LogP contribution < -0.4 is 22.1 Å². The topological polar surface area (TPSA) is 120 Å². The van der Waals surface area contributed by atoms with Crippen LogP contribution in [0.4, 0.5) is 0 Å². The largest absolute Gasteiger partial charge is 0.332 e. The number of aryl methyl sites for hydroxylation is 1. The Hall–Kier alpha value is -2.91. The Morgan fingerprint density at radius 1 is 1.03 bits per heavy atom. The number of imidazole rings is 1. The molecule has 0 spiro atoms. The van der Waals surface area contributed by atoms with Gasteiger partial charge in [0.1, 0.15) is 6.54 Å². The molecule has 2 N–H and O–H groups in total. The Balaban J connectivity index is 1.29. The van der Waals surface area contributed by atoms with Crippen molar-refractivity contribution in [2.24, 2.45) is 37.3 Å². The molecule has 0 aliphatic heterocycles. The van der Waals surface area contributed by atoms with Crippen LogP contribution in [0.2, 0.25) is 0 Å². The zero-order valence-electron chi connectivity index (χ0n) is 17.2. The molecule has 2 aromatic rings. The number of carbonyl (C=O) groups is 2. The Kier molecular flexibility index (Phi) is 4.16. The zero-order valence-corrected chi connectivity index (χ0v) is 17.2. The predicted molar refractivity (Wildman–Crippen MR) is 107 cm³/mol. The van der Waals surface area contributed by atoms with E-state index in [1.165, 1.54) is 48.8 Å². The second-order valence-corrected chi connectivity index (χ2v) is 9.45. The molecule has 10 heteroatoms. The summed E-state index contributed by atoms with van der Waals surface area (Å²) in [7, 11) is 2.90. The Morgan fingerprint density at radius 3 is 2.23 bits per heavy atom. The van der Waals surface area contributed by atoms with Gasteiger partial charge < -0.3 is 4.57 Å². The van der Waals surface area contributed by atoms with E-state index in [4.69, 9.17) is 0 Å². The highest BCUT2D eigenvalue weighted by Gasteiger charge is 2.54. The monoisotopic (exact) mass is 414 g/mol. The van der Waals surface area contributed by atoms with Crippen molar-refractivity contribution in [2.45, 2.75) is 45.1 Å². The average molecular weight is 414 g/mol. The summed E-state index contributed by atoms with van der Waals surface area (Å²) < 4.78 is 3.64. The molecular weight excluding hydrogens is 388 g/mol. The molecule has 4 aliphatic carbocycles. The molecule has 2 amide bonds. The number of carbonyl (C=O) groups excluding carboxylic acids is 2. The Bertz CT molecular complexity index is 1140. The third-order valence-electron chi connectivity index (χ3n) is 7.37. The van der Waals surface area contributed by atoms with Gasteiger partial charge in [-0.15, -0.1) is 0 Å². The number of nitrogens with zero attached hydrogens (tertiary/aromatic N) is 4. The van der Waals surface area contributed by atoms with Crippen molar-refractivity contribution in [3.8, 4) is 0 Å². The van der Waals surface area contributed by atoms with Gasteiger partial charge in [-0.3, -0.25) is 34.4 Å². The maximum absolute atomic E-state index is 13.0. The van der Waals surface area contributed by atoms with E-state index in [0.29, 0.717) is 17.8 Å². The van der Waals surface area contributed by atoms with E-state index in [-0.39, 0.29) is 29.0 Å². The van der Waals surface area contributed by atoms with Gasteiger partial charge in [-0.25, -0.2) is 9.78 Å². The number of fused-ring (bicyclic) bond motifs is 1. The lowest BCUT2D eigenvalue weighted by atomic mass is 9.49. The van der Waals surface area contributed by atoms with E-state index < -0.39 is 17.2 Å². The second kappa shape index (κ2) is 6.55. The van der Waals surface area contributed by atoms with Gasteiger partial charge in [-0.2, -0.15) is 0 Å². The van der Waals surface area contributed by atoms with Crippen molar-refractivity contribution in [2.75, 3.05) is 0 Å². The molecule has 10 nitrogen and oxygen atoms in total. The minimum Gasteiger partial charge on any atom is -0.315 e. The van der Waals surface area contributed by atoms with Crippen LogP contribution in [0.25, 0.3) is 11.2 Å². The van der Waals surface area contributed by atoms with Crippen LogP contribution in [0.15, 0.2) is 15.9 Å². The lowest BCUT2D eigenvalue weighted by molar-refractivity contribution is -0.149. The first-order valence-electron chi connectivity index (χ1n) is 10.5. The molecule has 0 atom stereocenters. The van der Waals surface area contributed by atoms with Crippen LogP contribution in [-0.4, -0.2) is 30.5 Å². The fraction of sp³-hybridized carbons (Fsp3) is 0.650. The molecule has 160 valence electrons. The molecule has 4 fully saturated rings. The summed E-state index contributed by atoms with van der Waals surface area (Å²) in [6.07, 6.45) is 7.81. The van der Waals surface area contributed by atoms with Gasteiger partial charge in [0.15, 0.2) is 11.2 Å². The molecule has 4 bridgehead atoms. The van der Waals surface area contributed by atoms with E-state index in [1.807, 2.05) is 0 Å². The van der Waals surface area contributed by atoms with Gasteiger partial charge in [0, 0.05) is 14.1 Å². The smallest absolute Gasteiger partial charge is 0.315 e. The summed E-state index contributed by atoms with van der Waals surface area (Å²) in [4.78, 5) is 54.0. The molecule has 0 saturated heterocycles. The highest BCUT2D eigenvalue weighted by atomic mass is 16.2. The first-order chi connectivity index (χ1) is 14.3. The van der Waals surface area contributed by atoms with Crippen molar-refractivity contribution in [3.63, 3.8) is 0 Å². The third kappa shape index (κ3) is 2.80. The minimum absolute atomic E-state index is 0.0938. The normalized spacial score (nSPS) is 29.3. The van der Waals surface area contributed by atoms with Crippen LogP contribution in [0.5, 0.6) is 0 Å². The summed E-state index contributed by atoms with van der Waals surface area (Å²) in [5, 5.41) is 0. The van der Waals surface area contributed by atoms with Gasteiger partial charge in [-0.05, 0) is 56.3 Å². The van der Waals surface area contributed by atoms with Crippen LogP contribution in [-0.2, 0) is 30.2 Å². The number of hydrazine groups is 1. The maximum Gasteiger partial charge on any atom is 0.332 e. The van der Waals surface area contributed by atoms with Gasteiger partial charge in [0.2, 0.25) is 5.91 Å². The molecule has 4 saturated carbocycles. The standard InChI is InChI=1S/C20H26N6O4/c1-24-16-15(17(28)25(2)19(24)30)26(10-21-16)9-14(27)22-23-18(29)20-6-11-3-12(7-20)5-13(4-11)8-20/h10-13H,3-9H2,1-2H3,(H,22,27)(H,23,29). The van der Waals surface area contributed by atoms with Crippen LogP contribution >= 0.6 is 0 Å². The number of hydrogen-bond donors (Lipinski definition) is 2. The van der Waals surface area contributed by atoms with Gasteiger partial charge in [0.05, 0.1) is 11.7 Å². The number of hydrogen-bond acceptors (Lipinski definition) is 5.